The zero-order valence-electron chi connectivity index (χ0n) is 12.2. The van der Waals surface area contributed by atoms with Gasteiger partial charge in [0.1, 0.15) is 5.82 Å². The van der Waals surface area contributed by atoms with E-state index >= 15 is 0 Å². The molecule has 7 heteroatoms. The molecule has 0 spiro atoms. The van der Waals surface area contributed by atoms with E-state index in [4.69, 9.17) is 15.2 Å². The number of ether oxygens (including phenoxy) is 2. The first-order valence-corrected chi connectivity index (χ1v) is 8.09. The molecule has 0 atom stereocenters. The molecule has 1 aromatic carbocycles. The van der Waals surface area contributed by atoms with Gasteiger partial charge in [-0.3, -0.25) is 4.79 Å². The summed E-state index contributed by atoms with van der Waals surface area (Å²) in [6, 6.07) is 2.86. The zero-order chi connectivity index (χ0) is 15.9. The Morgan fingerprint density at radius 3 is 2.86 bits per heavy atom. The lowest BCUT2D eigenvalue weighted by atomic mass is 10.1. The maximum atomic E-state index is 13.8. The van der Waals surface area contributed by atoms with Crippen LogP contribution in [0, 0.1) is 5.82 Å². The molecule has 2 rings (SSSR count). The van der Waals surface area contributed by atoms with E-state index in [9.17, 15) is 9.18 Å². The summed E-state index contributed by atoms with van der Waals surface area (Å²) >= 11 is 3.20. The molecular weight excluding hydrogens is 355 g/mol. The van der Waals surface area contributed by atoms with Crippen LogP contribution in [0.1, 0.15) is 29.6 Å². The van der Waals surface area contributed by atoms with Crippen LogP contribution in [-0.4, -0.2) is 38.4 Å². The summed E-state index contributed by atoms with van der Waals surface area (Å²) in [5.41, 5.74) is 5.50. The standard InChI is InChI=1S/C15H20BrFN2O3/c16-10-8-12(17)14(15(18)20)13(9-10)19-4-1-5-22-11-2-6-21-7-3-11/h8-9,11,19H,1-7H2,(H2,18,20). The highest BCUT2D eigenvalue weighted by Crippen LogP contribution is 2.24. The van der Waals surface area contributed by atoms with Crippen molar-refractivity contribution in [1.82, 2.24) is 0 Å². The number of benzene rings is 1. The van der Waals surface area contributed by atoms with E-state index in [1.807, 2.05) is 0 Å². The number of hydrogen-bond acceptors (Lipinski definition) is 4. The summed E-state index contributed by atoms with van der Waals surface area (Å²) in [4.78, 5) is 11.3. The van der Waals surface area contributed by atoms with Crippen molar-refractivity contribution in [3.63, 3.8) is 0 Å². The van der Waals surface area contributed by atoms with Crippen molar-refractivity contribution in [2.45, 2.75) is 25.4 Å². The fraction of sp³-hybridized carbons (Fsp3) is 0.533. The van der Waals surface area contributed by atoms with Crippen LogP contribution in [0.5, 0.6) is 0 Å². The normalized spacial score (nSPS) is 15.7. The van der Waals surface area contributed by atoms with Crippen LogP contribution in [0.2, 0.25) is 0 Å². The van der Waals surface area contributed by atoms with Crippen LogP contribution in [0.4, 0.5) is 10.1 Å². The van der Waals surface area contributed by atoms with Crippen molar-refractivity contribution >= 4 is 27.5 Å². The first-order valence-electron chi connectivity index (χ1n) is 7.30. The fourth-order valence-corrected chi connectivity index (χ4v) is 2.78. The van der Waals surface area contributed by atoms with Gasteiger partial charge in [-0.25, -0.2) is 4.39 Å². The first kappa shape index (κ1) is 17.2. The molecule has 22 heavy (non-hydrogen) atoms. The monoisotopic (exact) mass is 374 g/mol. The molecule has 1 amide bonds. The molecule has 122 valence electrons. The lowest BCUT2D eigenvalue weighted by Crippen LogP contribution is -2.24. The third-order valence-corrected chi connectivity index (χ3v) is 3.92. The van der Waals surface area contributed by atoms with Crippen molar-refractivity contribution in [2.75, 3.05) is 31.7 Å². The number of carbonyl (C=O) groups is 1. The van der Waals surface area contributed by atoms with Gasteiger partial charge in [-0.1, -0.05) is 15.9 Å². The van der Waals surface area contributed by atoms with Gasteiger partial charge >= 0.3 is 0 Å². The van der Waals surface area contributed by atoms with Crippen LogP contribution in [0.25, 0.3) is 0 Å². The molecule has 1 aromatic rings. The summed E-state index contributed by atoms with van der Waals surface area (Å²) < 4.78 is 25.3. The van der Waals surface area contributed by atoms with E-state index in [-0.39, 0.29) is 11.7 Å². The zero-order valence-corrected chi connectivity index (χ0v) is 13.8. The van der Waals surface area contributed by atoms with Crippen LogP contribution in [0.15, 0.2) is 16.6 Å². The Hall–Kier alpha value is -1.18. The Bertz CT molecular complexity index is 522. The highest BCUT2D eigenvalue weighted by molar-refractivity contribution is 9.10. The minimum atomic E-state index is -0.786. The summed E-state index contributed by atoms with van der Waals surface area (Å²) in [6.07, 6.45) is 2.87. The predicted molar refractivity (Wildman–Crippen MR) is 85.5 cm³/mol. The second-order valence-corrected chi connectivity index (χ2v) is 6.05. The van der Waals surface area contributed by atoms with E-state index in [0.717, 1.165) is 32.5 Å². The van der Waals surface area contributed by atoms with Gasteiger partial charge in [-0.05, 0) is 31.4 Å². The van der Waals surface area contributed by atoms with Gasteiger partial charge < -0.3 is 20.5 Å². The fourth-order valence-electron chi connectivity index (χ4n) is 2.35. The van der Waals surface area contributed by atoms with Gasteiger partial charge in [0.2, 0.25) is 0 Å². The van der Waals surface area contributed by atoms with Gasteiger partial charge in [0.05, 0.1) is 17.4 Å². The molecule has 1 heterocycles. The Kier molecular flexibility index (Phi) is 6.60. The minimum Gasteiger partial charge on any atom is -0.384 e. The van der Waals surface area contributed by atoms with E-state index < -0.39 is 11.7 Å². The Morgan fingerprint density at radius 2 is 2.18 bits per heavy atom. The highest BCUT2D eigenvalue weighted by atomic mass is 79.9. The highest BCUT2D eigenvalue weighted by Gasteiger charge is 2.16. The summed E-state index contributed by atoms with van der Waals surface area (Å²) in [5, 5.41) is 3.04. The average Bonchev–Trinajstić information content (AvgIpc) is 2.46. The Balaban J connectivity index is 1.80. The number of halogens is 2. The van der Waals surface area contributed by atoms with Crippen molar-refractivity contribution in [1.29, 1.82) is 0 Å². The van der Waals surface area contributed by atoms with E-state index in [0.29, 0.717) is 23.3 Å². The lowest BCUT2D eigenvalue weighted by molar-refractivity contribution is -0.0316. The quantitative estimate of drug-likeness (QED) is 0.719. The second kappa shape index (κ2) is 8.45. The number of carbonyl (C=O) groups excluding carboxylic acids is 1. The molecule has 1 aliphatic heterocycles. The third kappa shape index (κ3) is 4.93. The van der Waals surface area contributed by atoms with Crippen molar-refractivity contribution in [3.8, 4) is 0 Å². The number of rotatable bonds is 7. The van der Waals surface area contributed by atoms with Gasteiger partial charge in [-0.15, -0.1) is 0 Å². The number of hydrogen-bond donors (Lipinski definition) is 2. The molecule has 3 N–H and O–H groups in total. The minimum absolute atomic E-state index is 0.117. The summed E-state index contributed by atoms with van der Waals surface area (Å²) in [5.74, 6) is -1.42. The molecule has 5 nitrogen and oxygen atoms in total. The molecule has 1 aliphatic rings. The number of amides is 1. The van der Waals surface area contributed by atoms with Gasteiger partial charge in [0.25, 0.3) is 5.91 Å². The summed E-state index contributed by atoms with van der Waals surface area (Å²) in [7, 11) is 0. The van der Waals surface area contributed by atoms with Crippen LogP contribution in [-0.2, 0) is 9.47 Å². The molecule has 0 saturated carbocycles. The van der Waals surface area contributed by atoms with Gasteiger partial charge in [-0.2, -0.15) is 0 Å². The number of nitrogens with one attached hydrogen (secondary N) is 1. The number of anilines is 1. The van der Waals surface area contributed by atoms with Crippen LogP contribution in [0.3, 0.4) is 0 Å². The third-order valence-electron chi connectivity index (χ3n) is 3.46. The lowest BCUT2D eigenvalue weighted by Gasteiger charge is -2.22. The average molecular weight is 375 g/mol. The number of primary amides is 1. The van der Waals surface area contributed by atoms with Crippen molar-refractivity contribution in [2.24, 2.45) is 5.73 Å². The van der Waals surface area contributed by atoms with E-state index in [1.165, 1.54) is 6.07 Å². The van der Waals surface area contributed by atoms with E-state index in [2.05, 4.69) is 21.2 Å². The predicted octanol–water partition coefficient (Wildman–Crippen LogP) is 2.68. The molecule has 0 unspecified atom stereocenters. The number of nitrogens with two attached hydrogens (primary N) is 1. The SMILES string of the molecule is NC(=O)c1c(F)cc(Br)cc1NCCCOC1CCOCC1. The smallest absolute Gasteiger partial charge is 0.253 e. The maximum Gasteiger partial charge on any atom is 0.253 e. The molecule has 0 bridgehead atoms. The first-order chi connectivity index (χ1) is 10.6. The van der Waals surface area contributed by atoms with Crippen molar-refractivity contribution < 1.29 is 18.7 Å². The molecular formula is C15H20BrFN2O3. The topological polar surface area (TPSA) is 73.6 Å². The second-order valence-electron chi connectivity index (χ2n) is 5.14. The molecule has 0 aliphatic carbocycles. The van der Waals surface area contributed by atoms with Crippen LogP contribution >= 0.6 is 15.9 Å². The molecule has 0 aromatic heterocycles. The largest absolute Gasteiger partial charge is 0.384 e. The molecule has 0 radical (unpaired) electrons. The van der Waals surface area contributed by atoms with Gasteiger partial charge in [0.15, 0.2) is 0 Å². The van der Waals surface area contributed by atoms with E-state index in [1.54, 1.807) is 6.07 Å². The molecule has 1 saturated heterocycles. The van der Waals surface area contributed by atoms with Gasteiger partial charge in [0, 0.05) is 30.8 Å². The van der Waals surface area contributed by atoms with Crippen molar-refractivity contribution in [3.05, 3.63) is 28.0 Å². The Morgan fingerprint density at radius 1 is 1.45 bits per heavy atom. The maximum absolute atomic E-state index is 13.8. The van der Waals surface area contributed by atoms with Crippen LogP contribution < -0.4 is 11.1 Å². The Labute approximate surface area is 137 Å². The summed E-state index contributed by atoms with van der Waals surface area (Å²) in [6.45, 7) is 2.68. The molecule has 1 fully saturated rings.